The zero-order chi connectivity index (χ0) is 15.2. The van der Waals surface area contributed by atoms with E-state index in [-0.39, 0.29) is 24.2 Å². The number of benzene rings is 1. The lowest BCUT2D eigenvalue weighted by molar-refractivity contribution is -0.133. The molecule has 0 saturated carbocycles. The van der Waals surface area contributed by atoms with Crippen LogP contribution in [-0.2, 0) is 11.2 Å². The summed E-state index contributed by atoms with van der Waals surface area (Å²) in [6.45, 7) is 1.04. The van der Waals surface area contributed by atoms with Gasteiger partial charge in [-0.25, -0.2) is 4.39 Å². The molecule has 0 spiro atoms. The summed E-state index contributed by atoms with van der Waals surface area (Å²) in [5.74, 6) is -0.0954. The lowest BCUT2D eigenvalue weighted by Crippen LogP contribution is -2.42. The van der Waals surface area contributed by atoms with E-state index in [1.165, 1.54) is 12.1 Å². The minimum Gasteiger partial charge on any atom is -0.394 e. The van der Waals surface area contributed by atoms with Crippen LogP contribution in [0.15, 0.2) is 24.3 Å². The van der Waals surface area contributed by atoms with E-state index in [1.807, 2.05) is 4.90 Å². The Hall–Kier alpha value is -1.46. The van der Waals surface area contributed by atoms with Crippen molar-refractivity contribution in [2.75, 3.05) is 19.7 Å². The molecule has 1 amide bonds. The average Bonchev–Trinajstić information content (AvgIpc) is 2.53. The van der Waals surface area contributed by atoms with Gasteiger partial charge in [-0.05, 0) is 42.9 Å². The van der Waals surface area contributed by atoms with E-state index in [9.17, 15) is 14.3 Å². The molecule has 0 aromatic heterocycles. The summed E-state index contributed by atoms with van der Waals surface area (Å²) >= 11 is 0. The lowest BCUT2D eigenvalue weighted by Gasteiger charge is -2.33. The number of aliphatic hydroxyl groups is 2. The molecule has 1 heterocycles. The summed E-state index contributed by atoms with van der Waals surface area (Å²) in [5.41, 5.74) is 0.954. The normalized spacial score (nSPS) is 17.8. The standard InChI is InChI=1S/C16H22FNO3/c17-14-4-1-12(2-5-14)3-6-16(21)18-9-7-13(8-10-18)15(20)11-19/h1-2,4-5,13,15,19-20H,3,6-11H2. The number of likely N-dealkylation sites (tertiary alicyclic amines) is 1. The predicted molar refractivity (Wildman–Crippen MR) is 77.1 cm³/mol. The molecule has 1 aliphatic heterocycles. The fourth-order valence-corrected chi connectivity index (χ4v) is 2.74. The number of nitrogens with zero attached hydrogens (tertiary/aromatic N) is 1. The van der Waals surface area contributed by atoms with Crippen molar-refractivity contribution in [1.29, 1.82) is 0 Å². The molecule has 0 aliphatic carbocycles. The number of piperidine rings is 1. The van der Waals surface area contributed by atoms with Crippen molar-refractivity contribution in [2.45, 2.75) is 31.8 Å². The quantitative estimate of drug-likeness (QED) is 0.862. The van der Waals surface area contributed by atoms with Crippen LogP contribution >= 0.6 is 0 Å². The maximum atomic E-state index is 12.8. The molecule has 4 nitrogen and oxygen atoms in total. The summed E-state index contributed by atoms with van der Waals surface area (Å²) in [6, 6.07) is 6.21. The summed E-state index contributed by atoms with van der Waals surface area (Å²) in [6.07, 6.45) is 1.80. The number of amides is 1. The van der Waals surface area contributed by atoms with Gasteiger partial charge in [0.1, 0.15) is 5.82 Å². The van der Waals surface area contributed by atoms with E-state index in [0.717, 1.165) is 18.4 Å². The highest BCUT2D eigenvalue weighted by atomic mass is 19.1. The molecular weight excluding hydrogens is 273 g/mol. The van der Waals surface area contributed by atoms with Gasteiger partial charge in [-0.1, -0.05) is 12.1 Å². The van der Waals surface area contributed by atoms with Gasteiger partial charge in [0, 0.05) is 19.5 Å². The molecule has 5 heteroatoms. The maximum Gasteiger partial charge on any atom is 0.222 e. The van der Waals surface area contributed by atoms with E-state index < -0.39 is 6.10 Å². The van der Waals surface area contributed by atoms with Crippen LogP contribution in [0.3, 0.4) is 0 Å². The fourth-order valence-electron chi connectivity index (χ4n) is 2.74. The second-order valence-corrected chi connectivity index (χ2v) is 5.59. The highest BCUT2D eigenvalue weighted by Crippen LogP contribution is 2.21. The van der Waals surface area contributed by atoms with E-state index in [2.05, 4.69) is 0 Å². The first-order valence-electron chi connectivity index (χ1n) is 7.41. The van der Waals surface area contributed by atoms with Crippen LogP contribution in [0.1, 0.15) is 24.8 Å². The van der Waals surface area contributed by atoms with Gasteiger partial charge in [-0.15, -0.1) is 0 Å². The van der Waals surface area contributed by atoms with Crippen molar-refractivity contribution in [3.05, 3.63) is 35.6 Å². The molecule has 1 fully saturated rings. The molecular formula is C16H22FNO3. The van der Waals surface area contributed by atoms with Crippen LogP contribution in [0.2, 0.25) is 0 Å². The molecule has 2 rings (SSSR count). The minimum absolute atomic E-state index is 0.0798. The first-order valence-corrected chi connectivity index (χ1v) is 7.41. The summed E-state index contributed by atoms with van der Waals surface area (Å²) in [4.78, 5) is 13.9. The van der Waals surface area contributed by atoms with Gasteiger partial charge in [-0.3, -0.25) is 4.79 Å². The first-order chi connectivity index (χ1) is 10.1. The van der Waals surface area contributed by atoms with Gasteiger partial charge in [0.15, 0.2) is 0 Å². The Morgan fingerprint density at radius 3 is 2.48 bits per heavy atom. The third kappa shape index (κ3) is 4.51. The van der Waals surface area contributed by atoms with E-state index in [0.29, 0.717) is 25.9 Å². The fraction of sp³-hybridized carbons (Fsp3) is 0.562. The summed E-state index contributed by atoms with van der Waals surface area (Å²) in [7, 11) is 0. The third-order valence-corrected chi connectivity index (χ3v) is 4.16. The smallest absolute Gasteiger partial charge is 0.222 e. The highest BCUT2D eigenvalue weighted by Gasteiger charge is 2.26. The second kappa shape index (κ2) is 7.52. The molecule has 1 aromatic carbocycles. The number of rotatable bonds is 5. The Bertz CT molecular complexity index is 455. The van der Waals surface area contributed by atoms with Gasteiger partial charge in [0.05, 0.1) is 12.7 Å². The highest BCUT2D eigenvalue weighted by molar-refractivity contribution is 5.76. The van der Waals surface area contributed by atoms with Crippen molar-refractivity contribution in [2.24, 2.45) is 5.92 Å². The molecule has 1 unspecified atom stereocenters. The number of hydrogen-bond acceptors (Lipinski definition) is 3. The Morgan fingerprint density at radius 2 is 1.90 bits per heavy atom. The Labute approximate surface area is 124 Å². The van der Waals surface area contributed by atoms with Crippen LogP contribution in [-0.4, -0.2) is 46.8 Å². The van der Waals surface area contributed by atoms with Gasteiger partial charge < -0.3 is 15.1 Å². The van der Waals surface area contributed by atoms with Gasteiger partial charge in [0.2, 0.25) is 5.91 Å². The number of hydrogen-bond donors (Lipinski definition) is 2. The van der Waals surface area contributed by atoms with E-state index in [4.69, 9.17) is 5.11 Å². The molecule has 116 valence electrons. The molecule has 1 aromatic rings. The van der Waals surface area contributed by atoms with Crippen molar-refractivity contribution in [1.82, 2.24) is 4.90 Å². The van der Waals surface area contributed by atoms with Gasteiger partial charge in [-0.2, -0.15) is 0 Å². The summed E-state index contributed by atoms with van der Waals surface area (Å²) in [5, 5.41) is 18.5. The van der Waals surface area contributed by atoms with Crippen LogP contribution in [0.4, 0.5) is 4.39 Å². The molecule has 0 bridgehead atoms. The minimum atomic E-state index is -0.679. The molecule has 1 saturated heterocycles. The van der Waals surface area contributed by atoms with E-state index >= 15 is 0 Å². The number of aryl methyl sites for hydroxylation is 1. The van der Waals surface area contributed by atoms with Crippen LogP contribution in [0.5, 0.6) is 0 Å². The lowest BCUT2D eigenvalue weighted by atomic mass is 9.91. The molecule has 1 aliphatic rings. The Balaban J connectivity index is 1.76. The maximum absolute atomic E-state index is 12.8. The number of carbonyl (C=O) groups excluding carboxylic acids is 1. The molecule has 21 heavy (non-hydrogen) atoms. The van der Waals surface area contributed by atoms with Crippen molar-refractivity contribution >= 4 is 5.91 Å². The monoisotopic (exact) mass is 295 g/mol. The topological polar surface area (TPSA) is 60.8 Å². The van der Waals surface area contributed by atoms with Crippen molar-refractivity contribution < 1.29 is 19.4 Å². The zero-order valence-electron chi connectivity index (χ0n) is 12.0. The largest absolute Gasteiger partial charge is 0.394 e. The molecule has 0 radical (unpaired) electrons. The van der Waals surface area contributed by atoms with Gasteiger partial charge in [0.25, 0.3) is 0 Å². The van der Waals surface area contributed by atoms with Crippen molar-refractivity contribution in [3.8, 4) is 0 Å². The van der Waals surface area contributed by atoms with Crippen LogP contribution in [0.25, 0.3) is 0 Å². The number of aliphatic hydroxyl groups excluding tert-OH is 2. The molecule has 2 N–H and O–H groups in total. The summed E-state index contributed by atoms with van der Waals surface area (Å²) < 4.78 is 12.8. The van der Waals surface area contributed by atoms with Gasteiger partial charge >= 0.3 is 0 Å². The Kier molecular flexibility index (Phi) is 5.70. The SMILES string of the molecule is O=C(CCc1ccc(F)cc1)N1CCC(C(O)CO)CC1. The second-order valence-electron chi connectivity index (χ2n) is 5.59. The predicted octanol–water partition coefficient (Wildman–Crippen LogP) is 1.35. The molecule has 1 atom stereocenters. The number of halogens is 1. The van der Waals surface area contributed by atoms with Crippen LogP contribution in [0, 0.1) is 11.7 Å². The van der Waals surface area contributed by atoms with E-state index in [1.54, 1.807) is 12.1 Å². The zero-order valence-corrected chi connectivity index (χ0v) is 12.0. The van der Waals surface area contributed by atoms with Crippen LogP contribution < -0.4 is 0 Å². The number of carbonyl (C=O) groups is 1. The van der Waals surface area contributed by atoms with Crippen molar-refractivity contribution in [3.63, 3.8) is 0 Å². The Morgan fingerprint density at radius 1 is 1.29 bits per heavy atom. The first kappa shape index (κ1) is 15.9. The average molecular weight is 295 g/mol. The third-order valence-electron chi connectivity index (χ3n) is 4.16.